The molecule has 0 aliphatic carbocycles. The number of hydrogen-bond donors (Lipinski definition) is 1. The van der Waals surface area contributed by atoms with E-state index in [4.69, 9.17) is 9.52 Å². The molecule has 0 saturated carbocycles. The lowest BCUT2D eigenvalue weighted by Gasteiger charge is -1.89. The van der Waals surface area contributed by atoms with Crippen LogP contribution in [0.5, 0.6) is 0 Å². The van der Waals surface area contributed by atoms with Crippen molar-refractivity contribution in [2.75, 3.05) is 0 Å². The lowest BCUT2D eigenvalue weighted by Crippen LogP contribution is -1.97. The number of rotatable bonds is 5. The molecule has 0 atom stereocenters. The lowest BCUT2D eigenvalue weighted by molar-refractivity contribution is -0.137. The van der Waals surface area contributed by atoms with Crippen LogP contribution in [0.15, 0.2) is 16.5 Å². The van der Waals surface area contributed by atoms with Gasteiger partial charge in [0.2, 0.25) is 5.89 Å². The number of aliphatic carboxylic acids is 1. The van der Waals surface area contributed by atoms with Crippen LogP contribution in [0, 0.1) is 0 Å². The molecule has 0 aliphatic rings. The lowest BCUT2D eigenvalue weighted by atomic mass is 10.3. The fraction of sp³-hybridized carbons (Fsp3) is 0.364. The van der Waals surface area contributed by atoms with Crippen LogP contribution >= 0.6 is 11.3 Å². The van der Waals surface area contributed by atoms with Crippen LogP contribution in [0.4, 0.5) is 0 Å². The first kappa shape index (κ1) is 11.8. The minimum absolute atomic E-state index is 0.00623. The molecule has 90 valence electrons. The molecule has 0 unspecified atom stereocenters. The zero-order valence-corrected chi connectivity index (χ0v) is 10.2. The normalized spacial score (nSPS) is 10.6. The second kappa shape index (κ2) is 5.09. The van der Waals surface area contributed by atoms with Crippen LogP contribution in [0.3, 0.4) is 0 Å². The third-order valence-corrected chi connectivity index (χ3v) is 3.46. The van der Waals surface area contributed by atoms with Crippen molar-refractivity contribution in [2.24, 2.45) is 0 Å². The first-order chi connectivity index (χ1) is 8.19. The van der Waals surface area contributed by atoms with Crippen LogP contribution in [0.1, 0.15) is 24.1 Å². The molecule has 0 radical (unpaired) electrons. The molecule has 0 amide bonds. The van der Waals surface area contributed by atoms with Crippen molar-refractivity contribution < 1.29 is 14.3 Å². The van der Waals surface area contributed by atoms with Gasteiger partial charge in [-0.05, 0) is 18.6 Å². The molecule has 2 rings (SSSR count). The van der Waals surface area contributed by atoms with Gasteiger partial charge in [-0.15, -0.1) is 21.5 Å². The van der Waals surface area contributed by atoms with Crippen molar-refractivity contribution in [3.8, 4) is 10.8 Å². The molecular formula is C11H12N2O3S. The van der Waals surface area contributed by atoms with Crippen LogP contribution in [0.25, 0.3) is 10.8 Å². The third-order valence-electron chi connectivity index (χ3n) is 2.24. The molecule has 2 heterocycles. The number of nitrogens with zero attached hydrogens (tertiary/aromatic N) is 2. The number of thiophene rings is 1. The van der Waals surface area contributed by atoms with Crippen LogP contribution in [-0.2, 0) is 17.6 Å². The van der Waals surface area contributed by atoms with Crippen LogP contribution in [0.2, 0.25) is 0 Å². The van der Waals surface area contributed by atoms with E-state index in [9.17, 15) is 4.79 Å². The summed E-state index contributed by atoms with van der Waals surface area (Å²) in [5, 5.41) is 16.3. The smallest absolute Gasteiger partial charge is 0.303 e. The summed E-state index contributed by atoms with van der Waals surface area (Å²) in [4.78, 5) is 12.6. The Labute approximate surface area is 102 Å². The summed E-state index contributed by atoms with van der Waals surface area (Å²) >= 11 is 1.61. The number of carboxylic acids is 1. The summed E-state index contributed by atoms with van der Waals surface area (Å²) in [6, 6.07) is 3.97. The molecule has 5 nitrogen and oxygen atoms in total. The Bertz CT molecular complexity index is 518. The molecule has 0 saturated heterocycles. The number of carboxylic acid groups (broad SMARTS) is 1. The highest BCUT2D eigenvalue weighted by molar-refractivity contribution is 7.15. The fourth-order valence-electron chi connectivity index (χ4n) is 1.35. The zero-order chi connectivity index (χ0) is 12.3. The van der Waals surface area contributed by atoms with Crippen molar-refractivity contribution in [3.05, 3.63) is 22.9 Å². The second-order valence-corrected chi connectivity index (χ2v) is 4.68. The van der Waals surface area contributed by atoms with Crippen molar-refractivity contribution >= 4 is 17.3 Å². The largest absolute Gasteiger partial charge is 0.481 e. The van der Waals surface area contributed by atoms with E-state index in [1.54, 1.807) is 11.3 Å². The van der Waals surface area contributed by atoms with E-state index in [1.165, 1.54) is 4.88 Å². The molecule has 1 N–H and O–H groups in total. The van der Waals surface area contributed by atoms with E-state index < -0.39 is 5.97 Å². The summed E-state index contributed by atoms with van der Waals surface area (Å²) in [5.74, 6) is -0.0296. The van der Waals surface area contributed by atoms with Gasteiger partial charge in [0.1, 0.15) is 0 Å². The maximum atomic E-state index is 10.4. The van der Waals surface area contributed by atoms with Crippen LogP contribution in [-0.4, -0.2) is 21.3 Å². The van der Waals surface area contributed by atoms with E-state index >= 15 is 0 Å². The molecule has 2 aromatic rings. The van der Waals surface area contributed by atoms with Gasteiger partial charge in [-0.3, -0.25) is 4.79 Å². The van der Waals surface area contributed by atoms with E-state index in [0.717, 1.165) is 11.3 Å². The maximum absolute atomic E-state index is 10.4. The Balaban J connectivity index is 2.09. The highest BCUT2D eigenvalue weighted by atomic mass is 32.1. The Morgan fingerprint density at radius 1 is 1.47 bits per heavy atom. The van der Waals surface area contributed by atoms with E-state index in [-0.39, 0.29) is 12.8 Å². The van der Waals surface area contributed by atoms with Gasteiger partial charge in [0.15, 0.2) is 0 Å². The molecule has 0 aromatic carbocycles. The van der Waals surface area contributed by atoms with Gasteiger partial charge in [0.25, 0.3) is 5.89 Å². The molecule has 2 aromatic heterocycles. The Morgan fingerprint density at radius 2 is 2.29 bits per heavy atom. The average molecular weight is 252 g/mol. The molecule has 0 fully saturated rings. The number of aryl methyl sites for hydroxylation is 2. The van der Waals surface area contributed by atoms with Gasteiger partial charge in [0, 0.05) is 11.3 Å². The molecular weight excluding hydrogens is 240 g/mol. The SMILES string of the molecule is CCc1ccc(-c2nnc(CCC(=O)O)o2)s1. The predicted octanol–water partition coefficient (Wildman–Crippen LogP) is 2.38. The number of hydrogen-bond acceptors (Lipinski definition) is 5. The minimum Gasteiger partial charge on any atom is -0.481 e. The summed E-state index contributed by atoms with van der Waals surface area (Å²) in [6.45, 7) is 2.09. The van der Waals surface area contributed by atoms with E-state index in [1.807, 2.05) is 12.1 Å². The average Bonchev–Trinajstić information content (AvgIpc) is 2.94. The van der Waals surface area contributed by atoms with Gasteiger partial charge in [0.05, 0.1) is 11.3 Å². The van der Waals surface area contributed by atoms with Gasteiger partial charge in [-0.1, -0.05) is 6.92 Å². The van der Waals surface area contributed by atoms with E-state index in [2.05, 4.69) is 17.1 Å². The van der Waals surface area contributed by atoms with Gasteiger partial charge in [-0.25, -0.2) is 0 Å². The molecule has 6 heteroatoms. The number of aromatic nitrogens is 2. The second-order valence-electron chi connectivity index (χ2n) is 3.51. The molecule has 0 aliphatic heterocycles. The standard InChI is InChI=1S/C11H12N2O3S/c1-2-7-3-4-8(17-7)11-13-12-9(16-11)5-6-10(14)15/h3-4H,2,5-6H2,1H3,(H,14,15). The highest BCUT2D eigenvalue weighted by Crippen LogP contribution is 2.27. The van der Waals surface area contributed by atoms with Gasteiger partial charge < -0.3 is 9.52 Å². The first-order valence-corrected chi connectivity index (χ1v) is 6.14. The van der Waals surface area contributed by atoms with Crippen molar-refractivity contribution in [3.63, 3.8) is 0 Å². The number of carbonyl (C=O) groups is 1. The summed E-state index contributed by atoms with van der Waals surface area (Å²) in [5.41, 5.74) is 0. The first-order valence-electron chi connectivity index (χ1n) is 5.32. The zero-order valence-electron chi connectivity index (χ0n) is 9.34. The van der Waals surface area contributed by atoms with E-state index in [0.29, 0.717) is 11.8 Å². The Morgan fingerprint density at radius 3 is 2.94 bits per heavy atom. The summed E-state index contributed by atoms with van der Waals surface area (Å²) < 4.78 is 5.40. The minimum atomic E-state index is -0.867. The quantitative estimate of drug-likeness (QED) is 0.884. The highest BCUT2D eigenvalue weighted by Gasteiger charge is 2.11. The third kappa shape index (κ3) is 2.91. The van der Waals surface area contributed by atoms with Crippen molar-refractivity contribution in [1.29, 1.82) is 0 Å². The summed E-state index contributed by atoms with van der Waals surface area (Å²) in [7, 11) is 0. The summed E-state index contributed by atoms with van der Waals surface area (Å²) in [6.07, 6.45) is 1.26. The predicted molar refractivity (Wildman–Crippen MR) is 62.9 cm³/mol. The van der Waals surface area contributed by atoms with Crippen LogP contribution < -0.4 is 0 Å². The molecule has 17 heavy (non-hydrogen) atoms. The van der Waals surface area contributed by atoms with Crippen molar-refractivity contribution in [2.45, 2.75) is 26.2 Å². The fourth-order valence-corrected chi connectivity index (χ4v) is 2.22. The van der Waals surface area contributed by atoms with Gasteiger partial charge >= 0.3 is 5.97 Å². The van der Waals surface area contributed by atoms with Gasteiger partial charge in [-0.2, -0.15) is 0 Å². The Hall–Kier alpha value is -1.69. The maximum Gasteiger partial charge on any atom is 0.303 e. The topological polar surface area (TPSA) is 76.2 Å². The van der Waals surface area contributed by atoms with Crippen molar-refractivity contribution in [1.82, 2.24) is 10.2 Å². The molecule has 0 spiro atoms. The molecule has 0 bridgehead atoms. The Kier molecular flexibility index (Phi) is 3.53. The monoisotopic (exact) mass is 252 g/mol.